The van der Waals surface area contributed by atoms with Crippen molar-refractivity contribution in [1.82, 2.24) is 0 Å². The summed E-state index contributed by atoms with van der Waals surface area (Å²) in [5, 5.41) is 0. The van der Waals surface area contributed by atoms with Crippen molar-refractivity contribution in [1.29, 1.82) is 0 Å². The first-order valence-electron chi connectivity index (χ1n) is 9.01. The van der Waals surface area contributed by atoms with E-state index in [1.165, 1.54) is 5.57 Å². The molecule has 0 aliphatic heterocycles. The molecule has 0 aliphatic carbocycles. The summed E-state index contributed by atoms with van der Waals surface area (Å²) < 4.78 is 29.7. The Balaban J connectivity index is 2.03. The number of hydrogen-bond donors (Lipinski definition) is 1. The molecule has 0 saturated heterocycles. The molecular weight excluding hydrogens is 358 g/mol. The van der Waals surface area contributed by atoms with Crippen molar-refractivity contribution in [2.24, 2.45) is 5.92 Å². The van der Waals surface area contributed by atoms with Gasteiger partial charge in [0.15, 0.2) is 0 Å². The standard InChI is InChI=1S/C22H27NO3S/c1-4-8-17(3)20(5-2)21-9-6-7-10-22(21)26-16-15-18-11-13-19(14-12-18)23-27(24)25/h4-14,17,23H,15-16H2,1-3H3,(H,24,25)/p-1. The van der Waals surface area contributed by atoms with Crippen molar-refractivity contribution >= 4 is 22.5 Å². The summed E-state index contributed by atoms with van der Waals surface area (Å²) in [5.41, 5.74) is 3.99. The van der Waals surface area contributed by atoms with Gasteiger partial charge < -0.3 is 14.0 Å². The Bertz CT molecular complexity index is 813. The Morgan fingerprint density at radius 3 is 2.52 bits per heavy atom. The number of allylic oxidation sites excluding steroid dienone is 4. The van der Waals surface area contributed by atoms with Gasteiger partial charge in [-0.15, -0.1) is 0 Å². The molecule has 2 aromatic carbocycles. The van der Waals surface area contributed by atoms with E-state index in [0.29, 0.717) is 18.2 Å². The van der Waals surface area contributed by atoms with Gasteiger partial charge in [-0.2, -0.15) is 0 Å². The summed E-state index contributed by atoms with van der Waals surface area (Å²) in [5.74, 6) is 1.19. The fourth-order valence-corrected chi connectivity index (χ4v) is 3.33. The summed E-state index contributed by atoms with van der Waals surface area (Å²) in [7, 11) is 0. The number of nitrogens with one attached hydrogen (secondary N) is 1. The van der Waals surface area contributed by atoms with Crippen molar-refractivity contribution in [2.75, 3.05) is 11.3 Å². The van der Waals surface area contributed by atoms with Crippen LogP contribution in [0.2, 0.25) is 0 Å². The predicted molar refractivity (Wildman–Crippen MR) is 112 cm³/mol. The third kappa shape index (κ3) is 6.38. The smallest absolute Gasteiger partial charge is 0.126 e. The summed E-state index contributed by atoms with van der Waals surface area (Å²) in [4.78, 5) is 0. The van der Waals surface area contributed by atoms with Crippen LogP contribution in [0.4, 0.5) is 5.69 Å². The van der Waals surface area contributed by atoms with Crippen LogP contribution >= 0.6 is 0 Å². The molecule has 27 heavy (non-hydrogen) atoms. The van der Waals surface area contributed by atoms with Gasteiger partial charge in [0.1, 0.15) is 5.75 Å². The lowest BCUT2D eigenvalue weighted by molar-refractivity contribution is 0.321. The first-order valence-corrected chi connectivity index (χ1v) is 10.1. The maximum Gasteiger partial charge on any atom is 0.126 e. The Hall–Kier alpha value is -2.37. The Kier molecular flexibility index (Phi) is 8.30. The Morgan fingerprint density at radius 1 is 1.19 bits per heavy atom. The lowest BCUT2D eigenvalue weighted by Gasteiger charge is -2.17. The van der Waals surface area contributed by atoms with Crippen LogP contribution in [0.3, 0.4) is 0 Å². The van der Waals surface area contributed by atoms with Crippen molar-refractivity contribution in [3.05, 3.63) is 77.9 Å². The molecule has 0 bridgehead atoms. The van der Waals surface area contributed by atoms with Gasteiger partial charge in [-0.3, -0.25) is 4.21 Å². The van der Waals surface area contributed by atoms with Crippen LogP contribution in [0.1, 0.15) is 31.9 Å². The zero-order valence-corrected chi connectivity index (χ0v) is 16.8. The molecule has 2 unspecified atom stereocenters. The van der Waals surface area contributed by atoms with Gasteiger partial charge in [-0.1, -0.05) is 55.5 Å². The van der Waals surface area contributed by atoms with E-state index >= 15 is 0 Å². The van der Waals surface area contributed by atoms with Gasteiger partial charge >= 0.3 is 0 Å². The van der Waals surface area contributed by atoms with E-state index in [9.17, 15) is 8.76 Å². The van der Waals surface area contributed by atoms with Crippen LogP contribution in [-0.2, 0) is 17.7 Å². The summed E-state index contributed by atoms with van der Waals surface area (Å²) in [6, 6.07) is 15.4. The molecule has 0 spiro atoms. The third-order valence-electron chi connectivity index (χ3n) is 4.28. The topological polar surface area (TPSA) is 61.4 Å². The lowest BCUT2D eigenvalue weighted by atomic mass is 9.92. The maximum atomic E-state index is 10.6. The van der Waals surface area contributed by atoms with Crippen LogP contribution in [0, 0.1) is 5.92 Å². The second-order valence-corrected chi connectivity index (χ2v) is 6.86. The molecule has 144 valence electrons. The van der Waals surface area contributed by atoms with Gasteiger partial charge in [0.25, 0.3) is 0 Å². The molecule has 0 aromatic heterocycles. The van der Waals surface area contributed by atoms with Crippen LogP contribution < -0.4 is 9.46 Å². The zero-order chi connectivity index (χ0) is 19.6. The monoisotopic (exact) mass is 384 g/mol. The largest absolute Gasteiger partial charge is 0.755 e. The normalized spacial score (nSPS) is 14.1. The number of rotatable bonds is 9. The fourth-order valence-electron chi connectivity index (χ4n) is 3.00. The maximum absolute atomic E-state index is 10.6. The molecule has 5 heteroatoms. The van der Waals surface area contributed by atoms with Crippen molar-refractivity contribution in [2.45, 2.75) is 27.2 Å². The van der Waals surface area contributed by atoms with Gasteiger partial charge in [0.05, 0.1) is 6.61 Å². The van der Waals surface area contributed by atoms with Crippen molar-refractivity contribution in [3.63, 3.8) is 0 Å². The van der Waals surface area contributed by atoms with Gasteiger partial charge in [0.2, 0.25) is 0 Å². The highest BCUT2D eigenvalue weighted by Crippen LogP contribution is 2.32. The average Bonchev–Trinajstić information content (AvgIpc) is 2.65. The molecule has 2 aromatic rings. The lowest BCUT2D eigenvalue weighted by Crippen LogP contribution is -2.05. The van der Waals surface area contributed by atoms with E-state index < -0.39 is 11.3 Å². The number of para-hydroxylation sites is 1. The molecule has 2 rings (SSSR count). The number of ether oxygens (including phenoxy) is 1. The molecule has 0 radical (unpaired) electrons. The minimum absolute atomic E-state index is 0.316. The highest BCUT2D eigenvalue weighted by molar-refractivity contribution is 7.80. The third-order valence-corrected chi connectivity index (χ3v) is 4.69. The predicted octanol–water partition coefficient (Wildman–Crippen LogP) is 5.13. The highest BCUT2D eigenvalue weighted by atomic mass is 32.2. The van der Waals surface area contributed by atoms with E-state index in [-0.39, 0.29) is 0 Å². The molecule has 1 N–H and O–H groups in total. The molecule has 0 aliphatic rings. The number of anilines is 1. The van der Waals surface area contributed by atoms with Crippen LogP contribution in [0.25, 0.3) is 5.57 Å². The minimum atomic E-state index is -2.30. The molecule has 0 fully saturated rings. The average molecular weight is 385 g/mol. The quantitative estimate of drug-likeness (QED) is 0.481. The molecule has 2 atom stereocenters. The highest BCUT2D eigenvalue weighted by Gasteiger charge is 2.12. The number of hydrogen-bond acceptors (Lipinski definition) is 3. The second kappa shape index (κ2) is 10.7. The second-order valence-electron chi connectivity index (χ2n) is 6.19. The van der Waals surface area contributed by atoms with Gasteiger partial charge in [-0.25, -0.2) is 0 Å². The van der Waals surface area contributed by atoms with Crippen LogP contribution in [0.15, 0.2) is 66.8 Å². The number of benzene rings is 2. The van der Waals surface area contributed by atoms with E-state index in [0.717, 1.165) is 23.3 Å². The van der Waals surface area contributed by atoms with E-state index in [2.05, 4.69) is 42.9 Å². The zero-order valence-electron chi connectivity index (χ0n) is 16.0. The first kappa shape index (κ1) is 20.9. The Morgan fingerprint density at radius 2 is 1.89 bits per heavy atom. The molecule has 0 saturated carbocycles. The minimum Gasteiger partial charge on any atom is -0.755 e. The van der Waals surface area contributed by atoms with Crippen LogP contribution in [0.5, 0.6) is 5.75 Å². The van der Waals surface area contributed by atoms with E-state index in [1.807, 2.05) is 37.3 Å². The van der Waals surface area contributed by atoms with E-state index in [4.69, 9.17) is 4.74 Å². The molecule has 4 nitrogen and oxygen atoms in total. The van der Waals surface area contributed by atoms with E-state index in [1.54, 1.807) is 12.1 Å². The van der Waals surface area contributed by atoms with Gasteiger partial charge in [0, 0.05) is 28.9 Å². The van der Waals surface area contributed by atoms with Crippen molar-refractivity contribution < 1.29 is 13.5 Å². The molecular formula is C22H26NO3S-. The SMILES string of the molecule is CC=CC(C)C(=CC)c1ccccc1OCCc1ccc(NS(=O)[O-])cc1. The molecule has 0 amide bonds. The van der Waals surface area contributed by atoms with Gasteiger partial charge in [-0.05, 0) is 49.1 Å². The summed E-state index contributed by atoms with van der Waals surface area (Å²) in [6.07, 6.45) is 7.12. The van der Waals surface area contributed by atoms with Crippen molar-refractivity contribution in [3.8, 4) is 5.75 Å². The summed E-state index contributed by atoms with van der Waals surface area (Å²) in [6.45, 7) is 6.81. The van der Waals surface area contributed by atoms with Crippen LogP contribution in [-0.4, -0.2) is 15.4 Å². The molecule has 0 heterocycles. The Labute approximate surface area is 164 Å². The summed E-state index contributed by atoms with van der Waals surface area (Å²) >= 11 is -2.30. The first-order chi connectivity index (χ1) is 13.0. The fraction of sp³-hybridized carbons (Fsp3) is 0.273.